The van der Waals surface area contributed by atoms with Crippen molar-refractivity contribution in [2.45, 2.75) is 12.0 Å². The molecule has 1 aliphatic carbocycles. The minimum atomic E-state index is -0.602. The molecule has 1 aliphatic rings. The van der Waals surface area contributed by atoms with Crippen LogP contribution >= 0.6 is 0 Å². The molecule has 0 unspecified atom stereocenters. The summed E-state index contributed by atoms with van der Waals surface area (Å²) in [5.74, 6) is -0.150. The zero-order valence-electron chi connectivity index (χ0n) is 17.1. The van der Waals surface area contributed by atoms with E-state index in [1.54, 1.807) is 0 Å². The van der Waals surface area contributed by atoms with Crippen molar-refractivity contribution >= 4 is 5.71 Å². The standard InChI is InChI=1S/C29H23NO/c31-29-26-18-10-9-16-24(26)23-15-7-8-17-25(23)27(29)19-20-30-28(21-11-3-1-4-12-21)22-13-5-2-6-14-22/h1-20,27,29,31H/b20-19+/t27-,29-/m0/s1. The normalized spacial score (nSPS) is 17.1. The number of aliphatic imine (C=N–C) groups is 1. The van der Waals surface area contributed by atoms with Crippen molar-refractivity contribution in [3.8, 4) is 11.1 Å². The summed E-state index contributed by atoms with van der Waals surface area (Å²) < 4.78 is 0. The Balaban J connectivity index is 1.55. The van der Waals surface area contributed by atoms with Crippen molar-refractivity contribution in [1.29, 1.82) is 0 Å². The van der Waals surface area contributed by atoms with E-state index < -0.39 is 6.10 Å². The number of rotatable bonds is 4. The largest absolute Gasteiger partial charge is 0.387 e. The fourth-order valence-electron chi connectivity index (χ4n) is 4.32. The molecule has 0 spiro atoms. The van der Waals surface area contributed by atoms with E-state index in [9.17, 15) is 5.11 Å². The predicted molar refractivity (Wildman–Crippen MR) is 127 cm³/mol. The van der Waals surface area contributed by atoms with Crippen molar-refractivity contribution in [3.05, 3.63) is 144 Å². The van der Waals surface area contributed by atoms with Crippen LogP contribution in [0.25, 0.3) is 11.1 Å². The Labute approximate surface area is 182 Å². The zero-order valence-corrected chi connectivity index (χ0v) is 17.1. The number of hydrogen-bond donors (Lipinski definition) is 1. The number of fused-ring (bicyclic) bond motifs is 3. The SMILES string of the molecule is O[C@H]1c2ccccc2-c2ccccc2[C@@H]1/C=C/N=C(c1ccccc1)c1ccccc1. The number of benzene rings is 4. The minimum absolute atomic E-state index is 0.150. The number of aliphatic hydroxyl groups is 1. The van der Waals surface area contributed by atoms with E-state index in [4.69, 9.17) is 4.99 Å². The summed E-state index contributed by atoms with van der Waals surface area (Å²) >= 11 is 0. The monoisotopic (exact) mass is 401 g/mol. The van der Waals surface area contributed by atoms with Crippen molar-refractivity contribution in [2.75, 3.05) is 0 Å². The van der Waals surface area contributed by atoms with E-state index in [1.807, 2.05) is 72.9 Å². The molecule has 0 heterocycles. The molecule has 0 radical (unpaired) electrons. The van der Waals surface area contributed by atoms with Crippen molar-refractivity contribution < 1.29 is 5.11 Å². The molecule has 4 aromatic rings. The van der Waals surface area contributed by atoms with Gasteiger partial charge in [0.15, 0.2) is 0 Å². The fourth-order valence-corrected chi connectivity index (χ4v) is 4.32. The highest BCUT2D eigenvalue weighted by molar-refractivity contribution is 6.13. The second kappa shape index (κ2) is 8.55. The average Bonchev–Trinajstić information content (AvgIpc) is 2.85. The molecule has 2 nitrogen and oxygen atoms in total. The summed E-state index contributed by atoms with van der Waals surface area (Å²) in [6.45, 7) is 0. The molecule has 150 valence electrons. The van der Waals surface area contributed by atoms with E-state index in [0.29, 0.717) is 0 Å². The first-order valence-corrected chi connectivity index (χ1v) is 10.5. The topological polar surface area (TPSA) is 32.6 Å². The molecule has 4 aromatic carbocycles. The minimum Gasteiger partial charge on any atom is -0.387 e. The first-order chi connectivity index (χ1) is 15.3. The highest BCUT2D eigenvalue weighted by Gasteiger charge is 2.30. The third-order valence-corrected chi connectivity index (χ3v) is 5.82. The van der Waals surface area contributed by atoms with E-state index in [-0.39, 0.29) is 5.92 Å². The lowest BCUT2D eigenvalue weighted by atomic mass is 9.77. The Hall–Kier alpha value is -3.75. The molecule has 0 bridgehead atoms. The number of nitrogens with zero attached hydrogens (tertiary/aromatic N) is 1. The summed E-state index contributed by atoms with van der Waals surface area (Å²) in [6, 6.07) is 36.8. The van der Waals surface area contributed by atoms with Gasteiger partial charge >= 0.3 is 0 Å². The number of aliphatic hydroxyl groups excluding tert-OH is 1. The van der Waals surface area contributed by atoms with Crippen LogP contribution in [0.5, 0.6) is 0 Å². The first kappa shape index (κ1) is 19.2. The Kier molecular flexibility index (Phi) is 5.30. The smallest absolute Gasteiger partial charge is 0.0900 e. The fraction of sp³-hybridized carbons (Fsp3) is 0.0690. The highest BCUT2D eigenvalue weighted by atomic mass is 16.3. The maximum Gasteiger partial charge on any atom is 0.0900 e. The predicted octanol–water partition coefficient (Wildman–Crippen LogP) is 6.54. The van der Waals surface area contributed by atoms with Gasteiger partial charge in [-0.05, 0) is 22.3 Å². The van der Waals surface area contributed by atoms with E-state index in [1.165, 1.54) is 5.56 Å². The van der Waals surface area contributed by atoms with Gasteiger partial charge in [0, 0.05) is 23.2 Å². The zero-order chi connectivity index (χ0) is 21.0. The molecule has 5 rings (SSSR count). The summed E-state index contributed by atoms with van der Waals surface area (Å²) in [4.78, 5) is 4.85. The van der Waals surface area contributed by atoms with Gasteiger partial charge in [0.2, 0.25) is 0 Å². The molecule has 0 saturated carbocycles. The average molecular weight is 402 g/mol. The van der Waals surface area contributed by atoms with Gasteiger partial charge in [0.05, 0.1) is 11.8 Å². The highest BCUT2D eigenvalue weighted by Crippen LogP contribution is 2.46. The lowest BCUT2D eigenvalue weighted by Crippen LogP contribution is -2.16. The van der Waals surface area contributed by atoms with E-state index >= 15 is 0 Å². The molecule has 0 aliphatic heterocycles. The van der Waals surface area contributed by atoms with Gasteiger partial charge in [0.1, 0.15) is 0 Å². The van der Waals surface area contributed by atoms with Crippen LogP contribution < -0.4 is 0 Å². The molecule has 2 heteroatoms. The summed E-state index contributed by atoms with van der Waals surface area (Å²) in [5, 5.41) is 11.2. The second-order valence-corrected chi connectivity index (χ2v) is 7.70. The Morgan fingerprint density at radius 2 is 1.10 bits per heavy atom. The third-order valence-electron chi connectivity index (χ3n) is 5.82. The maximum atomic E-state index is 11.2. The molecule has 2 atom stereocenters. The van der Waals surface area contributed by atoms with Gasteiger partial charge in [-0.1, -0.05) is 115 Å². The molecule has 1 N–H and O–H groups in total. The van der Waals surface area contributed by atoms with Crippen molar-refractivity contribution in [3.63, 3.8) is 0 Å². The van der Waals surface area contributed by atoms with Crippen molar-refractivity contribution in [1.82, 2.24) is 0 Å². The van der Waals surface area contributed by atoms with Gasteiger partial charge < -0.3 is 5.11 Å². The van der Waals surface area contributed by atoms with Crippen LogP contribution in [0, 0.1) is 0 Å². The van der Waals surface area contributed by atoms with Crippen LogP contribution in [0.3, 0.4) is 0 Å². The molecule has 0 amide bonds. The Morgan fingerprint density at radius 1 is 0.613 bits per heavy atom. The van der Waals surface area contributed by atoms with Gasteiger partial charge in [0.25, 0.3) is 0 Å². The summed E-state index contributed by atoms with van der Waals surface area (Å²) in [6.07, 6.45) is 3.26. The summed E-state index contributed by atoms with van der Waals surface area (Å²) in [5.41, 5.74) is 7.41. The van der Waals surface area contributed by atoms with Crippen LogP contribution in [0.2, 0.25) is 0 Å². The van der Waals surface area contributed by atoms with Gasteiger partial charge in [-0.25, -0.2) is 0 Å². The molecule has 31 heavy (non-hydrogen) atoms. The lowest BCUT2D eigenvalue weighted by Gasteiger charge is -2.30. The second-order valence-electron chi connectivity index (χ2n) is 7.70. The Bertz CT molecular complexity index is 1200. The summed E-state index contributed by atoms with van der Waals surface area (Å²) in [7, 11) is 0. The molecule has 0 fully saturated rings. The van der Waals surface area contributed by atoms with Crippen LogP contribution in [0.15, 0.2) is 126 Å². The van der Waals surface area contributed by atoms with Crippen LogP contribution in [0.1, 0.15) is 34.3 Å². The third kappa shape index (κ3) is 3.74. The van der Waals surface area contributed by atoms with Crippen LogP contribution in [0.4, 0.5) is 0 Å². The van der Waals surface area contributed by atoms with E-state index in [0.717, 1.165) is 33.5 Å². The molecule has 0 saturated heterocycles. The van der Waals surface area contributed by atoms with Crippen LogP contribution in [-0.2, 0) is 0 Å². The molecular formula is C29H23NO. The lowest BCUT2D eigenvalue weighted by molar-refractivity contribution is 0.160. The first-order valence-electron chi connectivity index (χ1n) is 10.5. The maximum absolute atomic E-state index is 11.2. The van der Waals surface area contributed by atoms with Crippen LogP contribution in [-0.4, -0.2) is 10.8 Å². The number of hydrogen-bond acceptors (Lipinski definition) is 2. The van der Waals surface area contributed by atoms with Gasteiger partial charge in [-0.3, -0.25) is 4.99 Å². The van der Waals surface area contributed by atoms with Crippen molar-refractivity contribution in [2.24, 2.45) is 4.99 Å². The molecular weight excluding hydrogens is 378 g/mol. The van der Waals surface area contributed by atoms with Gasteiger partial charge in [-0.15, -0.1) is 0 Å². The quantitative estimate of drug-likeness (QED) is 0.387. The molecule has 0 aromatic heterocycles. The van der Waals surface area contributed by atoms with Gasteiger partial charge in [-0.2, -0.15) is 0 Å². The Morgan fingerprint density at radius 3 is 1.71 bits per heavy atom. The van der Waals surface area contributed by atoms with E-state index in [2.05, 4.69) is 48.5 Å².